The standard InChI is InChI=1S/C30H30IN7O7S/c1-42-23-16-19(17-24-26(40)38(30(41)46-24)18-25(39)32-21-5-3-20(31)4-6-21)2-7-22(23)45-29-34-27(36-8-12-43-13-9-36)33-28(35-29)37-10-14-44-15-11-37/h2-7,16-17H,8-15,18H2,1H3,(H,32,39)/b24-17-. The Morgan fingerprint density at radius 2 is 1.57 bits per heavy atom. The SMILES string of the molecule is COc1cc(/C=C2\SC(=O)N(CC(=O)Nc3ccc(I)cc3)C2=O)ccc1Oc1nc(N2CCOCC2)nc(N2CCOCC2)n1. The number of rotatable bonds is 9. The van der Waals surface area contributed by atoms with Crippen molar-refractivity contribution in [2.24, 2.45) is 0 Å². The number of thioether (sulfide) groups is 1. The molecule has 3 fully saturated rings. The first-order chi connectivity index (χ1) is 22.4. The van der Waals surface area contributed by atoms with E-state index in [-0.39, 0.29) is 10.9 Å². The van der Waals surface area contributed by atoms with Gasteiger partial charge in [0.2, 0.25) is 17.8 Å². The van der Waals surface area contributed by atoms with E-state index in [1.54, 1.807) is 36.4 Å². The molecule has 240 valence electrons. The molecule has 3 saturated heterocycles. The molecule has 0 radical (unpaired) electrons. The average molecular weight is 760 g/mol. The first-order valence-corrected chi connectivity index (χ1v) is 16.3. The van der Waals surface area contributed by atoms with Crippen LogP contribution in [0.3, 0.4) is 0 Å². The molecule has 6 rings (SSSR count). The predicted molar refractivity (Wildman–Crippen MR) is 179 cm³/mol. The van der Waals surface area contributed by atoms with E-state index in [2.05, 4.69) is 37.9 Å². The van der Waals surface area contributed by atoms with Crippen LogP contribution >= 0.6 is 34.4 Å². The Hall–Kier alpha value is -4.00. The zero-order valence-electron chi connectivity index (χ0n) is 24.8. The van der Waals surface area contributed by atoms with Crippen LogP contribution in [-0.4, -0.2) is 103 Å². The number of nitrogens with one attached hydrogen (secondary N) is 1. The van der Waals surface area contributed by atoms with Gasteiger partial charge in [0.15, 0.2) is 11.5 Å². The molecule has 1 aromatic heterocycles. The fourth-order valence-electron chi connectivity index (χ4n) is 4.81. The van der Waals surface area contributed by atoms with Gasteiger partial charge in [0.25, 0.3) is 11.1 Å². The molecule has 0 saturated carbocycles. The number of ether oxygens (including phenoxy) is 4. The number of morpholine rings is 2. The summed E-state index contributed by atoms with van der Waals surface area (Å²) in [6, 6.07) is 12.4. The lowest BCUT2D eigenvalue weighted by molar-refractivity contribution is -0.127. The largest absolute Gasteiger partial charge is 0.493 e. The van der Waals surface area contributed by atoms with Crippen molar-refractivity contribution in [2.75, 3.05) is 81.4 Å². The molecule has 3 aliphatic rings. The molecular weight excluding hydrogens is 729 g/mol. The minimum Gasteiger partial charge on any atom is -0.493 e. The van der Waals surface area contributed by atoms with Gasteiger partial charge in [-0.2, -0.15) is 15.0 Å². The summed E-state index contributed by atoms with van der Waals surface area (Å²) in [6.07, 6.45) is 1.57. The lowest BCUT2D eigenvalue weighted by Crippen LogP contribution is -2.40. The lowest BCUT2D eigenvalue weighted by atomic mass is 10.2. The van der Waals surface area contributed by atoms with E-state index < -0.39 is 23.6 Å². The van der Waals surface area contributed by atoms with E-state index in [0.717, 1.165) is 20.2 Å². The number of nitrogens with zero attached hydrogens (tertiary/aromatic N) is 6. The number of anilines is 3. The zero-order chi connectivity index (χ0) is 32.0. The molecule has 0 aliphatic carbocycles. The first kappa shape index (κ1) is 32.0. The maximum atomic E-state index is 13.1. The molecule has 0 bridgehead atoms. The number of amides is 3. The maximum Gasteiger partial charge on any atom is 0.328 e. The van der Waals surface area contributed by atoms with Gasteiger partial charge in [-0.05, 0) is 82.4 Å². The van der Waals surface area contributed by atoms with Gasteiger partial charge in [-0.1, -0.05) is 6.07 Å². The topological polar surface area (TPSA) is 149 Å². The first-order valence-electron chi connectivity index (χ1n) is 14.4. The Morgan fingerprint density at radius 1 is 0.935 bits per heavy atom. The van der Waals surface area contributed by atoms with Crippen LogP contribution < -0.4 is 24.6 Å². The summed E-state index contributed by atoms with van der Waals surface area (Å²) >= 11 is 2.93. The molecule has 3 aliphatic heterocycles. The highest BCUT2D eigenvalue weighted by Crippen LogP contribution is 2.36. The van der Waals surface area contributed by atoms with Crippen LogP contribution in [0.5, 0.6) is 17.5 Å². The molecule has 4 heterocycles. The van der Waals surface area contributed by atoms with Crippen LogP contribution in [0.15, 0.2) is 47.4 Å². The van der Waals surface area contributed by atoms with Crippen molar-refractivity contribution in [3.8, 4) is 17.5 Å². The molecule has 0 unspecified atom stereocenters. The van der Waals surface area contributed by atoms with Gasteiger partial charge in [0.05, 0.1) is 38.4 Å². The molecule has 2 aromatic carbocycles. The zero-order valence-corrected chi connectivity index (χ0v) is 27.8. The fourth-order valence-corrected chi connectivity index (χ4v) is 6.01. The molecule has 1 N–H and O–H groups in total. The van der Waals surface area contributed by atoms with Gasteiger partial charge in [-0.15, -0.1) is 0 Å². The number of aromatic nitrogens is 3. The molecule has 14 nitrogen and oxygen atoms in total. The van der Waals surface area contributed by atoms with E-state index in [9.17, 15) is 14.4 Å². The van der Waals surface area contributed by atoms with Gasteiger partial charge in [-0.25, -0.2) is 0 Å². The van der Waals surface area contributed by atoms with Gasteiger partial charge in [-0.3, -0.25) is 19.3 Å². The summed E-state index contributed by atoms with van der Waals surface area (Å²) in [4.78, 5) is 57.3. The summed E-state index contributed by atoms with van der Waals surface area (Å²) < 4.78 is 23.7. The highest BCUT2D eigenvalue weighted by atomic mass is 127. The Labute approximate surface area is 282 Å². The monoisotopic (exact) mass is 759 g/mol. The summed E-state index contributed by atoms with van der Waals surface area (Å²) in [5, 5.41) is 2.18. The Kier molecular flexibility index (Phi) is 10.2. The molecule has 46 heavy (non-hydrogen) atoms. The third-order valence-corrected chi connectivity index (χ3v) is 8.80. The summed E-state index contributed by atoms with van der Waals surface area (Å²) in [5.41, 5.74) is 1.17. The molecule has 0 atom stereocenters. The Balaban J connectivity index is 1.18. The Bertz CT molecular complexity index is 1610. The third kappa shape index (κ3) is 7.68. The summed E-state index contributed by atoms with van der Waals surface area (Å²) in [6.45, 7) is 4.48. The highest BCUT2D eigenvalue weighted by molar-refractivity contribution is 14.1. The van der Waals surface area contributed by atoms with Crippen LogP contribution in [-0.2, 0) is 19.1 Å². The molecule has 3 aromatic rings. The van der Waals surface area contributed by atoms with E-state index in [1.165, 1.54) is 7.11 Å². The van der Waals surface area contributed by atoms with Crippen LogP contribution in [0.1, 0.15) is 5.56 Å². The number of imide groups is 1. The van der Waals surface area contributed by atoms with Gasteiger partial charge in [0, 0.05) is 35.4 Å². The summed E-state index contributed by atoms with van der Waals surface area (Å²) in [5.74, 6) is 0.684. The van der Waals surface area contributed by atoms with Crippen molar-refractivity contribution in [2.45, 2.75) is 0 Å². The van der Waals surface area contributed by atoms with Crippen molar-refractivity contribution in [3.05, 3.63) is 56.5 Å². The number of carbonyl (C=O) groups is 3. The maximum absolute atomic E-state index is 13.1. The molecule has 0 spiro atoms. The number of carbonyl (C=O) groups excluding carboxylic acids is 3. The minimum absolute atomic E-state index is 0.105. The van der Waals surface area contributed by atoms with E-state index in [4.69, 9.17) is 23.9 Å². The average Bonchev–Trinajstić information content (AvgIpc) is 3.34. The van der Waals surface area contributed by atoms with Gasteiger partial charge < -0.3 is 34.1 Å². The summed E-state index contributed by atoms with van der Waals surface area (Å²) in [7, 11) is 1.50. The second-order valence-electron chi connectivity index (χ2n) is 10.3. The second-order valence-corrected chi connectivity index (χ2v) is 12.5. The normalized spacial score (nSPS) is 17.9. The van der Waals surface area contributed by atoms with Gasteiger partial charge >= 0.3 is 6.01 Å². The Morgan fingerprint density at radius 3 is 2.17 bits per heavy atom. The smallest absolute Gasteiger partial charge is 0.328 e. The third-order valence-electron chi connectivity index (χ3n) is 7.17. The second kappa shape index (κ2) is 14.6. The minimum atomic E-state index is -0.552. The number of methoxy groups -OCH3 is 1. The number of hydrogen-bond donors (Lipinski definition) is 1. The van der Waals surface area contributed by atoms with Crippen LogP contribution in [0.25, 0.3) is 6.08 Å². The van der Waals surface area contributed by atoms with Crippen LogP contribution in [0.4, 0.5) is 22.4 Å². The van der Waals surface area contributed by atoms with Gasteiger partial charge in [0.1, 0.15) is 6.54 Å². The van der Waals surface area contributed by atoms with Crippen molar-refractivity contribution >= 4 is 75.1 Å². The van der Waals surface area contributed by atoms with Crippen molar-refractivity contribution in [3.63, 3.8) is 0 Å². The van der Waals surface area contributed by atoms with Crippen molar-refractivity contribution in [1.82, 2.24) is 19.9 Å². The lowest BCUT2D eigenvalue weighted by Gasteiger charge is -2.30. The van der Waals surface area contributed by atoms with E-state index in [1.807, 2.05) is 21.9 Å². The highest BCUT2D eigenvalue weighted by Gasteiger charge is 2.36. The fraction of sp³-hybridized carbons (Fsp3) is 0.333. The number of hydrogen-bond acceptors (Lipinski definition) is 13. The van der Waals surface area contributed by atoms with Crippen LogP contribution in [0.2, 0.25) is 0 Å². The number of halogens is 1. The quantitative estimate of drug-likeness (QED) is 0.251. The molecular formula is C30H30IN7O7S. The van der Waals surface area contributed by atoms with E-state index in [0.29, 0.717) is 87.3 Å². The van der Waals surface area contributed by atoms with E-state index >= 15 is 0 Å². The van der Waals surface area contributed by atoms with Crippen LogP contribution in [0, 0.1) is 3.57 Å². The van der Waals surface area contributed by atoms with Crippen molar-refractivity contribution < 1.29 is 33.3 Å². The predicted octanol–water partition coefficient (Wildman–Crippen LogP) is 3.63. The van der Waals surface area contributed by atoms with Crippen molar-refractivity contribution in [1.29, 1.82) is 0 Å². The number of benzene rings is 2. The molecule has 16 heteroatoms. The molecule has 3 amide bonds.